The van der Waals surface area contributed by atoms with E-state index >= 15 is 0 Å². The van der Waals surface area contributed by atoms with Crippen molar-refractivity contribution < 1.29 is 9.90 Å². The molecule has 0 unspecified atom stereocenters. The van der Waals surface area contributed by atoms with E-state index in [1.807, 2.05) is 0 Å². The molecule has 0 saturated heterocycles. The number of carboxylic acids is 1. The number of unbranched alkanes of at least 4 members (excludes halogenated alkanes) is 14. The molecule has 4 N–H and O–H groups in total. The van der Waals surface area contributed by atoms with Crippen LogP contribution in [0.5, 0.6) is 0 Å². The van der Waals surface area contributed by atoms with Crippen LogP contribution >= 0.6 is 0 Å². The number of carbonyl (C=O) groups is 1. The van der Waals surface area contributed by atoms with Crippen molar-refractivity contribution in [2.45, 2.75) is 110 Å². The van der Waals surface area contributed by atoms with E-state index in [-0.39, 0.29) is 57.5 Å². The molecule has 0 aromatic rings. The zero-order chi connectivity index (χ0) is 14.9. The SMILES string of the molecule is CCCCCCCCCCCCCCCCCC(=O)O.N.[K]. The number of rotatable bonds is 16. The summed E-state index contributed by atoms with van der Waals surface area (Å²) in [5.41, 5.74) is 0. The molecular formula is C18H39KNO2. The zero-order valence-electron chi connectivity index (χ0n) is 15.4. The van der Waals surface area contributed by atoms with Crippen LogP contribution in [0.25, 0.3) is 0 Å². The van der Waals surface area contributed by atoms with Crippen molar-refractivity contribution in [1.82, 2.24) is 6.15 Å². The topological polar surface area (TPSA) is 72.3 Å². The van der Waals surface area contributed by atoms with Gasteiger partial charge in [-0.3, -0.25) is 4.79 Å². The van der Waals surface area contributed by atoms with Crippen molar-refractivity contribution in [3.8, 4) is 0 Å². The van der Waals surface area contributed by atoms with Gasteiger partial charge in [-0.1, -0.05) is 96.8 Å². The minimum absolute atomic E-state index is 0. The summed E-state index contributed by atoms with van der Waals surface area (Å²) in [4.78, 5) is 10.3. The molecule has 0 aromatic heterocycles. The van der Waals surface area contributed by atoms with E-state index in [0.717, 1.165) is 12.8 Å². The molecule has 0 amide bonds. The molecule has 4 heteroatoms. The third-order valence-corrected chi connectivity index (χ3v) is 3.99. The molecule has 0 fully saturated rings. The van der Waals surface area contributed by atoms with Gasteiger partial charge in [-0.05, 0) is 6.42 Å². The Hall–Kier alpha value is 1.07. The summed E-state index contributed by atoms with van der Waals surface area (Å²) in [6, 6.07) is 0. The van der Waals surface area contributed by atoms with Gasteiger partial charge in [0.05, 0.1) is 0 Å². The first-order chi connectivity index (χ1) is 9.77. The summed E-state index contributed by atoms with van der Waals surface area (Å²) in [5.74, 6) is -0.653. The quantitative estimate of drug-likeness (QED) is 0.263. The molecule has 0 aliphatic rings. The second-order valence-corrected chi connectivity index (χ2v) is 6.09. The van der Waals surface area contributed by atoms with Crippen LogP contribution in [0.1, 0.15) is 110 Å². The minimum atomic E-state index is -0.653. The molecule has 0 bridgehead atoms. The largest absolute Gasteiger partial charge is 0.481 e. The van der Waals surface area contributed by atoms with Crippen LogP contribution in [0, 0.1) is 0 Å². The number of hydrogen-bond donors (Lipinski definition) is 2. The Morgan fingerprint density at radius 3 is 1.18 bits per heavy atom. The van der Waals surface area contributed by atoms with Gasteiger partial charge in [0.15, 0.2) is 0 Å². The Morgan fingerprint density at radius 2 is 0.909 bits per heavy atom. The smallest absolute Gasteiger partial charge is 0.303 e. The van der Waals surface area contributed by atoms with E-state index in [4.69, 9.17) is 5.11 Å². The van der Waals surface area contributed by atoms with Crippen molar-refractivity contribution in [3.05, 3.63) is 0 Å². The van der Waals surface area contributed by atoms with Gasteiger partial charge in [0.1, 0.15) is 0 Å². The van der Waals surface area contributed by atoms with Crippen molar-refractivity contribution in [1.29, 1.82) is 0 Å². The second kappa shape index (κ2) is 24.3. The molecule has 0 rings (SSSR count). The summed E-state index contributed by atoms with van der Waals surface area (Å²) in [7, 11) is 0. The van der Waals surface area contributed by atoms with Gasteiger partial charge in [0, 0.05) is 57.8 Å². The monoisotopic (exact) mass is 340 g/mol. The van der Waals surface area contributed by atoms with E-state index in [1.165, 1.54) is 83.5 Å². The van der Waals surface area contributed by atoms with Crippen LogP contribution in [0.4, 0.5) is 0 Å². The molecular weight excluding hydrogens is 301 g/mol. The summed E-state index contributed by atoms with van der Waals surface area (Å²) < 4.78 is 0. The maximum Gasteiger partial charge on any atom is 0.303 e. The van der Waals surface area contributed by atoms with Crippen molar-refractivity contribution in [2.75, 3.05) is 0 Å². The van der Waals surface area contributed by atoms with E-state index < -0.39 is 5.97 Å². The second-order valence-electron chi connectivity index (χ2n) is 6.09. The van der Waals surface area contributed by atoms with Gasteiger partial charge in [-0.25, -0.2) is 0 Å². The van der Waals surface area contributed by atoms with Gasteiger partial charge in [0.25, 0.3) is 0 Å². The summed E-state index contributed by atoms with van der Waals surface area (Å²) in [6.45, 7) is 2.27. The van der Waals surface area contributed by atoms with Crippen molar-refractivity contribution in [3.63, 3.8) is 0 Å². The first kappa shape index (κ1) is 27.9. The molecule has 0 atom stereocenters. The molecule has 0 heterocycles. The van der Waals surface area contributed by atoms with Gasteiger partial charge < -0.3 is 11.3 Å². The third kappa shape index (κ3) is 26.0. The normalized spacial score (nSPS) is 9.86. The fourth-order valence-electron chi connectivity index (χ4n) is 2.65. The molecule has 3 nitrogen and oxygen atoms in total. The maximum atomic E-state index is 10.3. The van der Waals surface area contributed by atoms with Crippen LogP contribution in [-0.2, 0) is 4.79 Å². The van der Waals surface area contributed by atoms with E-state index in [1.54, 1.807) is 0 Å². The van der Waals surface area contributed by atoms with Crippen molar-refractivity contribution in [2.24, 2.45) is 0 Å². The molecule has 0 aliphatic heterocycles. The minimum Gasteiger partial charge on any atom is -0.481 e. The molecule has 1 radical (unpaired) electrons. The first-order valence-electron chi connectivity index (χ1n) is 8.99. The predicted octanol–water partition coefficient (Wildman–Crippen LogP) is 6.11. The standard InChI is InChI=1S/C18H36O2.K.H3N/c1-2-3-4-5-6-7-8-9-10-11-12-13-14-15-16-17-18(19)20;;/h2-17H2,1H3,(H,19,20);;1H3. The van der Waals surface area contributed by atoms with E-state index in [9.17, 15) is 4.79 Å². The summed E-state index contributed by atoms with van der Waals surface area (Å²) in [5, 5.41) is 8.52. The van der Waals surface area contributed by atoms with Gasteiger partial charge >= 0.3 is 5.97 Å². The van der Waals surface area contributed by atoms with Gasteiger partial charge in [0.2, 0.25) is 0 Å². The van der Waals surface area contributed by atoms with Crippen LogP contribution in [0.15, 0.2) is 0 Å². The number of carboxylic acid groups (broad SMARTS) is 1. The Kier molecular flexibility index (Phi) is 30.8. The molecule has 22 heavy (non-hydrogen) atoms. The fourth-order valence-corrected chi connectivity index (χ4v) is 2.65. The summed E-state index contributed by atoms with van der Waals surface area (Å²) in [6.07, 6.45) is 20.2. The average molecular weight is 341 g/mol. The molecule has 129 valence electrons. The Labute approximate surface area is 181 Å². The molecule has 0 aliphatic carbocycles. The van der Waals surface area contributed by atoms with Crippen molar-refractivity contribution >= 4 is 57.4 Å². The van der Waals surface area contributed by atoms with Gasteiger partial charge in [-0.2, -0.15) is 0 Å². The number of hydrogen-bond acceptors (Lipinski definition) is 2. The van der Waals surface area contributed by atoms with E-state index in [2.05, 4.69) is 6.92 Å². The Balaban J connectivity index is -0.00000180. The first-order valence-corrected chi connectivity index (χ1v) is 8.99. The van der Waals surface area contributed by atoms with Gasteiger partial charge in [-0.15, -0.1) is 0 Å². The maximum absolute atomic E-state index is 10.3. The molecule has 0 saturated carbocycles. The third-order valence-electron chi connectivity index (χ3n) is 3.99. The Morgan fingerprint density at radius 1 is 0.636 bits per heavy atom. The fraction of sp³-hybridized carbons (Fsp3) is 0.944. The van der Waals surface area contributed by atoms with Crippen LogP contribution in [0.2, 0.25) is 0 Å². The molecule has 0 spiro atoms. The Bertz CT molecular complexity index is 213. The number of aliphatic carboxylic acids is 1. The zero-order valence-corrected chi connectivity index (χ0v) is 18.5. The summed E-state index contributed by atoms with van der Waals surface area (Å²) >= 11 is 0. The predicted molar refractivity (Wildman–Crippen MR) is 98.0 cm³/mol. The van der Waals surface area contributed by atoms with Crippen LogP contribution < -0.4 is 6.15 Å². The van der Waals surface area contributed by atoms with Crippen LogP contribution in [0.3, 0.4) is 0 Å². The van der Waals surface area contributed by atoms with E-state index in [0.29, 0.717) is 6.42 Å². The molecule has 0 aromatic carbocycles. The average Bonchev–Trinajstić information content (AvgIpc) is 2.43. The van der Waals surface area contributed by atoms with Crippen LogP contribution in [-0.4, -0.2) is 62.5 Å².